The lowest BCUT2D eigenvalue weighted by Crippen LogP contribution is -2.45. The normalized spacial score (nSPS) is 18.4. The second kappa shape index (κ2) is 5.77. The summed E-state index contributed by atoms with van der Waals surface area (Å²) < 4.78 is 4.84. The third kappa shape index (κ3) is 2.66. The summed E-state index contributed by atoms with van der Waals surface area (Å²) in [5.74, 6) is -0.431. The highest BCUT2D eigenvalue weighted by atomic mass is 16.5. The third-order valence-electron chi connectivity index (χ3n) is 3.32. The molecule has 1 heterocycles. The van der Waals surface area contributed by atoms with Crippen molar-refractivity contribution in [2.24, 2.45) is 0 Å². The number of urea groups is 1. The van der Waals surface area contributed by atoms with Crippen LogP contribution in [-0.4, -0.2) is 19.1 Å². The fourth-order valence-corrected chi connectivity index (χ4v) is 2.26. The first-order valence-electron chi connectivity index (χ1n) is 6.52. The zero-order valence-corrected chi connectivity index (χ0v) is 11.8. The number of carbonyl (C=O) groups is 2. The van der Waals surface area contributed by atoms with E-state index in [1.807, 2.05) is 38.1 Å². The van der Waals surface area contributed by atoms with Crippen LogP contribution in [0.4, 0.5) is 4.79 Å². The minimum absolute atomic E-state index is 0.305. The van der Waals surface area contributed by atoms with Crippen LogP contribution in [0.1, 0.15) is 30.5 Å². The maximum absolute atomic E-state index is 12.0. The minimum Gasteiger partial charge on any atom is -0.466 e. The summed E-state index contributed by atoms with van der Waals surface area (Å²) in [6.45, 7) is 3.87. The number of amides is 2. The zero-order chi connectivity index (χ0) is 14.7. The van der Waals surface area contributed by atoms with Gasteiger partial charge in [0.2, 0.25) is 0 Å². The molecule has 1 atom stereocenters. The van der Waals surface area contributed by atoms with E-state index in [0.29, 0.717) is 17.7 Å². The second-order valence-electron chi connectivity index (χ2n) is 4.68. The van der Waals surface area contributed by atoms with Gasteiger partial charge in [0.15, 0.2) is 0 Å². The van der Waals surface area contributed by atoms with Gasteiger partial charge in [0.05, 0.1) is 18.7 Å². The fraction of sp³-hybridized carbons (Fsp3) is 0.333. The number of aryl methyl sites for hydroxylation is 1. The standard InChI is InChI=1S/C15H18N2O3/c1-4-11-12(14(18)20-3)13(17-15(19)16-11)10-7-5-9(2)6-8-10/h5-8,13H,4H2,1-3H3,(H2,16,17,19). The van der Waals surface area contributed by atoms with E-state index in [2.05, 4.69) is 10.6 Å². The number of methoxy groups -OCH3 is 1. The molecule has 1 aliphatic rings. The van der Waals surface area contributed by atoms with Crippen molar-refractivity contribution in [1.29, 1.82) is 0 Å². The second-order valence-corrected chi connectivity index (χ2v) is 4.68. The summed E-state index contributed by atoms with van der Waals surface area (Å²) in [7, 11) is 1.34. The molecule has 1 aliphatic heterocycles. The van der Waals surface area contributed by atoms with Gasteiger partial charge in [-0.3, -0.25) is 0 Å². The summed E-state index contributed by atoms with van der Waals surface area (Å²) in [5.41, 5.74) is 3.04. The molecular weight excluding hydrogens is 256 g/mol. The lowest BCUT2D eigenvalue weighted by molar-refractivity contribution is -0.136. The first kappa shape index (κ1) is 14.1. The van der Waals surface area contributed by atoms with E-state index in [4.69, 9.17) is 4.74 Å². The van der Waals surface area contributed by atoms with Crippen molar-refractivity contribution in [2.75, 3.05) is 7.11 Å². The number of carbonyl (C=O) groups excluding carboxylic acids is 2. The molecule has 1 unspecified atom stereocenters. The van der Waals surface area contributed by atoms with Gasteiger partial charge in [-0.2, -0.15) is 0 Å². The van der Waals surface area contributed by atoms with Gasteiger partial charge in [-0.15, -0.1) is 0 Å². The van der Waals surface area contributed by atoms with E-state index in [-0.39, 0.29) is 6.03 Å². The number of esters is 1. The quantitative estimate of drug-likeness (QED) is 0.830. The van der Waals surface area contributed by atoms with E-state index >= 15 is 0 Å². The number of hydrogen-bond acceptors (Lipinski definition) is 3. The summed E-state index contributed by atoms with van der Waals surface area (Å²) in [5, 5.41) is 5.44. The van der Waals surface area contributed by atoms with Crippen molar-refractivity contribution in [2.45, 2.75) is 26.3 Å². The molecule has 2 amide bonds. The molecule has 0 radical (unpaired) electrons. The lowest BCUT2D eigenvalue weighted by atomic mass is 9.94. The van der Waals surface area contributed by atoms with Crippen molar-refractivity contribution in [3.63, 3.8) is 0 Å². The van der Waals surface area contributed by atoms with Gasteiger partial charge in [0.1, 0.15) is 0 Å². The molecule has 0 bridgehead atoms. The van der Waals surface area contributed by atoms with Gasteiger partial charge >= 0.3 is 12.0 Å². The van der Waals surface area contributed by atoms with E-state index in [0.717, 1.165) is 11.1 Å². The van der Waals surface area contributed by atoms with Crippen molar-refractivity contribution >= 4 is 12.0 Å². The lowest BCUT2D eigenvalue weighted by Gasteiger charge is -2.28. The Hall–Kier alpha value is -2.30. The largest absolute Gasteiger partial charge is 0.466 e. The van der Waals surface area contributed by atoms with Crippen LogP contribution >= 0.6 is 0 Å². The van der Waals surface area contributed by atoms with Crippen molar-refractivity contribution in [3.8, 4) is 0 Å². The zero-order valence-electron chi connectivity index (χ0n) is 11.8. The number of ether oxygens (including phenoxy) is 1. The Morgan fingerprint density at radius 2 is 1.95 bits per heavy atom. The molecule has 20 heavy (non-hydrogen) atoms. The molecule has 0 spiro atoms. The maximum Gasteiger partial charge on any atom is 0.337 e. The first-order chi connectivity index (χ1) is 9.56. The Balaban J connectivity index is 2.49. The van der Waals surface area contributed by atoms with Crippen molar-refractivity contribution in [1.82, 2.24) is 10.6 Å². The summed E-state index contributed by atoms with van der Waals surface area (Å²) in [6.07, 6.45) is 0.556. The Kier molecular flexibility index (Phi) is 4.08. The molecule has 1 aromatic carbocycles. The van der Waals surface area contributed by atoms with E-state index in [9.17, 15) is 9.59 Å². The number of benzene rings is 1. The number of nitrogens with one attached hydrogen (secondary N) is 2. The van der Waals surface area contributed by atoms with E-state index in [1.165, 1.54) is 7.11 Å². The molecule has 2 rings (SSSR count). The van der Waals surface area contributed by atoms with Crippen LogP contribution in [0.3, 0.4) is 0 Å². The van der Waals surface area contributed by atoms with Crippen LogP contribution in [0.25, 0.3) is 0 Å². The van der Waals surface area contributed by atoms with Gasteiger partial charge in [0, 0.05) is 5.70 Å². The molecule has 5 heteroatoms. The molecule has 5 nitrogen and oxygen atoms in total. The molecule has 0 saturated carbocycles. The van der Waals surface area contributed by atoms with E-state index in [1.54, 1.807) is 0 Å². The predicted octanol–water partition coefficient (Wildman–Crippen LogP) is 2.19. The maximum atomic E-state index is 12.0. The van der Waals surface area contributed by atoms with Crippen LogP contribution in [0, 0.1) is 6.92 Å². The topological polar surface area (TPSA) is 67.4 Å². The molecule has 0 aromatic heterocycles. The summed E-state index contributed by atoms with van der Waals surface area (Å²) in [6, 6.07) is 6.92. The number of hydrogen-bond donors (Lipinski definition) is 2. The smallest absolute Gasteiger partial charge is 0.337 e. The first-order valence-corrected chi connectivity index (χ1v) is 6.52. The summed E-state index contributed by atoms with van der Waals surface area (Å²) >= 11 is 0. The highest BCUT2D eigenvalue weighted by Crippen LogP contribution is 2.28. The van der Waals surface area contributed by atoms with Gasteiger partial charge in [-0.05, 0) is 18.9 Å². The van der Waals surface area contributed by atoms with Crippen molar-refractivity contribution < 1.29 is 14.3 Å². The minimum atomic E-state index is -0.480. The SMILES string of the molecule is CCC1=C(C(=O)OC)C(c2ccc(C)cc2)NC(=O)N1. The monoisotopic (exact) mass is 274 g/mol. The average Bonchev–Trinajstić information content (AvgIpc) is 2.46. The molecule has 1 aromatic rings. The fourth-order valence-electron chi connectivity index (χ4n) is 2.26. The van der Waals surface area contributed by atoms with Gasteiger partial charge < -0.3 is 15.4 Å². The predicted molar refractivity (Wildman–Crippen MR) is 74.9 cm³/mol. The Labute approximate surface area is 118 Å². The molecule has 0 fully saturated rings. The van der Waals surface area contributed by atoms with Crippen LogP contribution in [0.15, 0.2) is 35.5 Å². The highest BCUT2D eigenvalue weighted by Gasteiger charge is 2.32. The molecule has 106 valence electrons. The average molecular weight is 274 g/mol. The van der Waals surface area contributed by atoms with Gasteiger partial charge in [0.25, 0.3) is 0 Å². The van der Waals surface area contributed by atoms with Crippen molar-refractivity contribution in [3.05, 3.63) is 46.7 Å². The van der Waals surface area contributed by atoms with E-state index < -0.39 is 12.0 Å². The number of rotatable bonds is 3. The molecule has 2 N–H and O–H groups in total. The Morgan fingerprint density at radius 1 is 1.30 bits per heavy atom. The van der Waals surface area contributed by atoms with Crippen LogP contribution < -0.4 is 10.6 Å². The third-order valence-corrected chi connectivity index (χ3v) is 3.32. The Bertz CT molecular complexity index is 561. The molecular formula is C15H18N2O3. The number of allylic oxidation sites excluding steroid dienone is 1. The summed E-state index contributed by atoms with van der Waals surface area (Å²) in [4.78, 5) is 23.8. The molecule has 0 saturated heterocycles. The van der Waals surface area contributed by atoms with Crippen LogP contribution in [-0.2, 0) is 9.53 Å². The highest BCUT2D eigenvalue weighted by molar-refractivity contribution is 5.95. The van der Waals surface area contributed by atoms with Gasteiger partial charge in [-0.25, -0.2) is 9.59 Å². The van der Waals surface area contributed by atoms with Crippen LogP contribution in [0.2, 0.25) is 0 Å². The van der Waals surface area contributed by atoms with Crippen LogP contribution in [0.5, 0.6) is 0 Å². The van der Waals surface area contributed by atoms with Gasteiger partial charge in [-0.1, -0.05) is 36.8 Å². The molecule has 0 aliphatic carbocycles. The Morgan fingerprint density at radius 3 is 2.50 bits per heavy atom.